The number of nitrogens with zero attached hydrogens (tertiary/aromatic N) is 1. The van der Waals surface area contributed by atoms with Crippen LogP contribution in [0.5, 0.6) is 0 Å². The summed E-state index contributed by atoms with van der Waals surface area (Å²) >= 11 is 2.40. The van der Waals surface area contributed by atoms with E-state index in [9.17, 15) is 0 Å². The first-order valence-electron chi connectivity index (χ1n) is 4.31. The molecule has 3 heteroatoms. The van der Waals surface area contributed by atoms with Crippen molar-refractivity contribution in [2.24, 2.45) is 0 Å². The van der Waals surface area contributed by atoms with Crippen LogP contribution >= 0.6 is 22.6 Å². The molecule has 0 aliphatic carbocycles. The summed E-state index contributed by atoms with van der Waals surface area (Å²) in [5, 5.41) is 10.4. The van der Waals surface area contributed by atoms with Crippen LogP contribution in [0.4, 0.5) is 0 Å². The molecular formula is C8H18INO. The van der Waals surface area contributed by atoms with Gasteiger partial charge in [-0.2, -0.15) is 5.06 Å². The minimum Gasteiger partial charge on any atom is -0.314 e. The number of hydrogen-bond donors (Lipinski definition) is 1. The van der Waals surface area contributed by atoms with Gasteiger partial charge in [-0.1, -0.05) is 42.4 Å². The zero-order chi connectivity index (χ0) is 8.53. The Balaban J connectivity index is 2.89. The molecule has 0 aliphatic rings. The van der Waals surface area contributed by atoms with Crippen molar-refractivity contribution in [3.8, 4) is 0 Å². The number of hydrogen-bond acceptors (Lipinski definition) is 2. The van der Waals surface area contributed by atoms with Crippen molar-refractivity contribution in [1.82, 2.24) is 5.06 Å². The maximum Gasteiger partial charge on any atom is 0.0238 e. The van der Waals surface area contributed by atoms with Crippen LogP contribution in [0.1, 0.15) is 32.6 Å². The second-order valence-electron chi connectivity index (χ2n) is 2.65. The third kappa shape index (κ3) is 8.56. The molecule has 0 rings (SSSR count). The van der Waals surface area contributed by atoms with Crippen molar-refractivity contribution in [1.29, 1.82) is 0 Å². The monoisotopic (exact) mass is 271 g/mol. The van der Waals surface area contributed by atoms with Gasteiger partial charge in [-0.3, -0.25) is 0 Å². The van der Waals surface area contributed by atoms with Gasteiger partial charge in [0.05, 0.1) is 0 Å². The Morgan fingerprint density at radius 1 is 1.18 bits per heavy atom. The standard InChI is InChI=1S/C8H18INO/c1-2-10(11)8-6-4-3-5-7-9/h11H,2-8H2,1H3. The highest BCUT2D eigenvalue weighted by molar-refractivity contribution is 14.1. The van der Waals surface area contributed by atoms with Gasteiger partial charge < -0.3 is 5.21 Å². The summed E-state index contributed by atoms with van der Waals surface area (Å²) in [7, 11) is 0. The average molecular weight is 271 g/mol. The van der Waals surface area contributed by atoms with Gasteiger partial charge in [0.2, 0.25) is 0 Å². The van der Waals surface area contributed by atoms with Gasteiger partial charge in [0.1, 0.15) is 0 Å². The zero-order valence-electron chi connectivity index (χ0n) is 7.22. The van der Waals surface area contributed by atoms with Crippen LogP contribution in [0.25, 0.3) is 0 Å². The molecule has 0 spiro atoms. The molecule has 0 fully saturated rings. The van der Waals surface area contributed by atoms with Gasteiger partial charge in [-0.25, -0.2) is 0 Å². The fraction of sp³-hybridized carbons (Fsp3) is 1.00. The molecule has 0 atom stereocenters. The minimum absolute atomic E-state index is 0.742. The van der Waals surface area contributed by atoms with Gasteiger partial charge in [0, 0.05) is 13.1 Å². The van der Waals surface area contributed by atoms with E-state index in [2.05, 4.69) is 22.6 Å². The number of rotatable bonds is 7. The highest BCUT2D eigenvalue weighted by atomic mass is 127. The van der Waals surface area contributed by atoms with E-state index < -0.39 is 0 Å². The highest BCUT2D eigenvalue weighted by Crippen LogP contribution is 2.02. The molecule has 0 amide bonds. The van der Waals surface area contributed by atoms with Crippen LogP contribution in [0.2, 0.25) is 0 Å². The molecule has 0 heterocycles. The lowest BCUT2D eigenvalue weighted by Crippen LogP contribution is -2.19. The molecule has 0 unspecified atom stereocenters. The van der Waals surface area contributed by atoms with Crippen molar-refractivity contribution in [3.05, 3.63) is 0 Å². The normalized spacial score (nSPS) is 10.9. The molecule has 0 bridgehead atoms. The Hall–Kier alpha value is 0.650. The second kappa shape index (κ2) is 8.74. The predicted octanol–water partition coefficient (Wildman–Crippen LogP) is 2.69. The molecule has 2 nitrogen and oxygen atoms in total. The Bertz CT molecular complexity index is 80.5. The van der Waals surface area contributed by atoms with E-state index in [0.717, 1.165) is 19.5 Å². The lowest BCUT2D eigenvalue weighted by molar-refractivity contribution is -0.0869. The first kappa shape index (κ1) is 11.6. The van der Waals surface area contributed by atoms with E-state index >= 15 is 0 Å². The molecule has 0 radical (unpaired) electrons. The van der Waals surface area contributed by atoms with Crippen LogP contribution in [0, 0.1) is 0 Å². The third-order valence-corrected chi connectivity index (χ3v) is 2.43. The number of hydroxylamine groups is 2. The van der Waals surface area contributed by atoms with Crippen LogP contribution in [0.3, 0.4) is 0 Å². The molecule has 0 aromatic carbocycles. The first-order chi connectivity index (χ1) is 5.31. The smallest absolute Gasteiger partial charge is 0.0238 e. The summed E-state index contributed by atoms with van der Waals surface area (Å²) in [6.45, 7) is 3.54. The van der Waals surface area contributed by atoms with E-state index in [1.807, 2.05) is 6.92 Å². The van der Waals surface area contributed by atoms with E-state index in [4.69, 9.17) is 5.21 Å². The largest absolute Gasteiger partial charge is 0.314 e. The van der Waals surface area contributed by atoms with Crippen LogP contribution in [0.15, 0.2) is 0 Å². The zero-order valence-corrected chi connectivity index (χ0v) is 9.38. The number of unbranched alkanes of at least 4 members (excludes halogenated alkanes) is 3. The summed E-state index contributed by atoms with van der Waals surface area (Å²) in [6, 6.07) is 0. The molecule has 0 aromatic heterocycles. The Morgan fingerprint density at radius 3 is 2.36 bits per heavy atom. The van der Waals surface area contributed by atoms with E-state index in [1.165, 1.54) is 28.8 Å². The maximum atomic E-state index is 9.05. The van der Waals surface area contributed by atoms with Crippen LogP contribution < -0.4 is 0 Å². The summed E-state index contributed by atoms with van der Waals surface area (Å²) < 4.78 is 1.26. The van der Waals surface area contributed by atoms with Gasteiger partial charge >= 0.3 is 0 Å². The molecule has 1 N–H and O–H groups in total. The second-order valence-corrected chi connectivity index (χ2v) is 3.73. The summed E-state index contributed by atoms with van der Waals surface area (Å²) in [4.78, 5) is 0. The molecule has 0 aliphatic heterocycles. The van der Waals surface area contributed by atoms with Crippen molar-refractivity contribution in [3.63, 3.8) is 0 Å². The molecule has 11 heavy (non-hydrogen) atoms. The molecule has 0 saturated heterocycles. The topological polar surface area (TPSA) is 23.5 Å². The van der Waals surface area contributed by atoms with Gasteiger partial charge in [0.25, 0.3) is 0 Å². The lowest BCUT2D eigenvalue weighted by Gasteiger charge is -2.10. The quantitative estimate of drug-likeness (QED) is 0.333. The fourth-order valence-corrected chi connectivity index (χ4v) is 1.44. The predicted molar refractivity (Wildman–Crippen MR) is 56.4 cm³/mol. The van der Waals surface area contributed by atoms with Crippen LogP contribution in [-0.2, 0) is 0 Å². The lowest BCUT2D eigenvalue weighted by atomic mass is 10.2. The summed E-state index contributed by atoms with van der Waals surface area (Å²) in [6.07, 6.45) is 5.00. The molecule has 68 valence electrons. The highest BCUT2D eigenvalue weighted by Gasteiger charge is 1.94. The number of alkyl halides is 1. The van der Waals surface area contributed by atoms with E-state index in [0.29, 0.717) is 0 Å². The SMILES string of the molecule is CCN(O)CCCCCCI. The third-order valence-electron chi connectivity index (χ3n) is 1.66. The number of halogens is 1. The Labute approximate surface area is 83.1 Å². The Kier molecular flexibility index (Phi) is 9.26. The fourth-order valence-electron chi connectivity index (χ4n) is 0.900. The van der Waals surface area contributed by atoms with E-state index in [1.54, 1.807) is 0 Å². The van der Waals surface area contributed by atoms with Crippen molar-refractivity contribution < 1.29 is 5.21 Å². The van der Waals surface area contributed by atoms with Crippen molar-refractivity contribution >= 4 is 22.6 Å². The van der Waals surface area contributed by atoms with Crippen molar-refractivity contribution in [2.75, 3.05) is 17.5 Å². The Morgan fingerprint density at radius 2 is 1.82 bits per heavy atom. The van der Waals surface area contributed by atoms with Crippen LogP contribution in [-0.4, -0.2) is 27.8 Å². The molecule has 0 aromatic rings. The van der Waals surface area contributed by atoms with Gasteiger partial charge in [-0.05, 0) is 17.3 Å². The maximum absolute atomic E-state index is 9.05. The van der Waals surface area contributed by atoms with Gasteiger partial charge in [-0.15, -0.1) is 0 Å². The summed E-state index contributed by atoms with van der Waals surface area (Å²) in [5.41, 5.74) is 0. The summed E-state index contributed by atoms with van der Waals surface area (Å²) in [5.74, 6) is 0. The van der Waals surface area contributed by atoms with Crippen molar-refractivity contribution in [2.45, 2.75) is 32.6 Å². The van der Waals surface area contributed by atoms with E-state index in [-0.39, 0.29) is 0 Å². The van der Waals surface area contributed by atoms with Gasteiger partial charge in [0.15, 0.2) is 0 Å². The average Bonchev–Trinajstić information content (AvgIpc) is 2.04. The molecular weight excluding hydrogens is 253 g/mol. The first-order valence-corrected chi connectivity index (χ1v) is 5.83. The minimum atomic E-state index is 0.742. The molecule has 0 saturated carbocycles.